The molecule has 0 spiro atoms. The molecule has 96 valence electrons. The molecule has 1 aromatic rings. The van der Waals surface area contributed by atoms with Gasteiger partial charge in [0.05, 0.1) is 18.8 Å². The number of aryl methyl sites for hydroxylation is 1. The highest BCUT2D eigenvalue weighted by Gasteiger charge is 2.32. The average Bonchev–Trinajstić information content (AvgIpc) is 2.71. The van der Waals surface area contributed by atoms with Crippen LogP contribution >= 0.6 is 0 Å². The minimum atomic E-state index is -0.626. The van der Waals surface area contributed by atoms with E-state index < -0.39 is 5.54 Å². The Bertz CT molecular complexity index is 396. The Kier molecular flexibility index (Phi) is 4.28. The maximum Gasteiger partial charge on any atom is 0.204 e. The fourth-order valence-corrected chi connectivity index (χ4v) is 1.54. The molecule has 0 amide bonds. The van der Waals surface area contributed by atoms with E-state index in [9.17, 15) is 4.79 Å². The lowest BCUT2D eigenvalue weighted by Gasteiger charge is -2.23. The number of carbonyl (C=O) groups excluding carboxylic acids is 1. The van der Waals surface area contributed by atoms with Crippen molar-refractivity contribution in [2.75, 3.05) is 14.2 Å². The molecule has 0 saturated carbocycles. The standard InChI is InChI=1S/C12H21N3O2/c1-6-7-15-10(9(17-5)8-14-15)11(16)12(2,3)13-4/h8,13H,6-7H2,1-5H3. The van der Waals surface area contributed by atoms with Crippen LogP contribution in [0.4, 0.5) is 0 Å². The molecule has 1 aromatic heterocycles. The minimum absolute atomic E-state index is 0.0113. The molecule has 0 saturated heterocycles. The molecular weight excluding hydrogens is 218 g/mol. The van der Waals surface area contributed by atoms with Gasteiger partial charge in [0.15, 0.2) is 5.75 Å². The predicted molar refractivity (Wildman–Crippen MR) is 66.5 cm³/mol. The molecule has 0 unspecified atom stereocenters. The molecule has 0 aliphatic rings. The zero-order valence-electron chi connectivity index (χ0n) is 11.2. The van der Waals surface area contributed by atoms with Gasteiger partial charge in [-0.2, -0.15) is 5.10 Å². The summed E-state index contributed by atoms with van der Waals surface area (Å²) in [5.74, 6) is 0.523. The van der Waals surface area contributed by atoms with Gasteiger partial charge in [0, 0.05) is 6.54 Å². The van der Waals surface area contributed by atoms with E-state index in [2.05, 4.69) is 10.4 Å². The van der Waals surface area contributed by atoms with Crippen LogP contribution in [-0.2, 0) is 6.54 Å². The lowest BCUT2D eigenvalue weighted by atomic mass is 9.96. The molecule has 0 aromatic carbocycles. The quantitative estimate of drug-likeness (QED) is 0.764. The molecule has 0 fully saturated rings. The van der Waals surface area contributed by atoms with Crippen LogP contribution in [0.3, 0.4) is 0 Å². The second kappa shape index (κ2) is 5.31. The van der Waals surface area contributed by atoms with Crippen LogP contribution in [-0.4, -0.2) is 35.3 Å². The van der Waals surface area contributed by atoms with E-state index in [0.717, 1.165) is 6.42 Å². The van der Waals surface area contributed by atoms with Gasteiger partial charge in [-0.05, 0) is 27.3 Å². The number of methoxy groups -OCH3 is 1. The van der Waals surface area contributed by atoms with Gasteiger partial charge in [0.1, 0.15) is 5.69 Å². The van der Waals surface area contributed by atoms with Crippen LogP contribution in [0.5, 0.6) is 5.75 Å². The van der Waals surface area contributed by atoms with Gasteiger partial charge < -0.3 is 10.1 Å². The number of ketones is 1. The Morgan fingerprint density at radius 2 is 2.24 bits per heavy atom. The summed E-state index contributed by atoms with van der Waals surface area (Å²) in [6.07, 6.45) is 2.51. The van der Waals surface area contributed by atoms with Crippen molar-refractivity contribution in [3.05, 3.63) is 11.9 Å². The van der Waals surface area contributed by atoms with Crippen molar-refractivity contribution in [1.82, 2.24) is 15.1 Å². The first kappa shape index (κ1) is 13.7. The summed E-state index contributed by atoms with van der Waals surface area (Å²) >= 11 is 0. The van der Waals surface area contributed by atoms with Crippen molar-refractivity contribution in [3.63, 3.8) is 0 Å². The van der Waals surface area contributed by atoms with E-state index in [1.807, 2.05) is 20.8 Å². The second-order valence-electron chi connectivity index (χ2n) is 4.49. The lowest BCUT2D eigenvalue weighted by Crippen LogP contribution is -2.45. The van der Waals surface area contributed by atoms with E-state index in [4.69, 9.17) is 4.74 Å². The number of nitrogens with one attached hydrogen (secondary N) is 1. The predicted octanol–water partition coefficient (Wildman–Crippen LogP) is 1.48. The van der Waals surface area contributed by atoms with Crippen LogP contribution in [0, 0.1) is 0 Å². The number of rotatable bonds is 6. The Labute approximate surface area is 102 Å². The van der Waals surface area contributed by atoms with Crippen molar-refractivity contribution in [2.24, 2.45) is 0 Å². The van der Waals surface area contributed by atoms with Crippen molar-refractivity contribution < 1.29 is 9.53 Å². The molecule has 5 nitrogen and oxygen atoms in total. The van der Waals surface area contributed by atoms with E-state index >= 15 is 0 Å². The van der Waals surface area contributed by atoms with Crippen LogP contribution in [0.1, 0.15) is 37.7 Å². The van der Waals surface area contributed by atoms with Gasteiger partial charge in [-0.1, -0.05) is 6.92 Å². The van der Waals surface area contributed by atoms with Gasteiger partial charge in [0.2, 0.25) is 5.78 Å². The third-order valence-electron chi connectivity index (χ3n) is 2.87. The van der Waals surface area contributed by atoms with Crippen molar-refractivity contribution in [1.29, 1.82) is 0 Å². The summed E-state index contributed by atoms with van der Waals surface area (Å²) < 4.78 is 6.91. The number of ether oxygens (including phenoxy) is 1. The zero-order valence-corrected chi connectivity index (χ0v) is 11.2. The first-order valence-electron chi connectivity index (χ1n) is 5.81. The number of hydrogen-bond acceptors (Lipinski definition) is 4. The van der Waals surface area contributed by atoms with Crippen molar-refractivity contribution >= 4 is 5.78 Å². The minimum Gasteiger partial charge on any atom is -0.493 e. The Balaban J connectivity index is 3.18. The summed E-state index contributed by atoms with van der Waals surface area (Å²) in [4.78, 5) is 12.4. The molecule has 0 aliphatic carbocycles. The molecule has 1 heterocycles. The summed E-state index contributed by atoms with van der Waals surface area (Å²) in [6.45, 7) is 6.45. The molecular formula is C12H21N3O2. The van der Waals surface area contributed by atoms with Gasteiger partial charge in [-0.3, -0.25) is 9.48 Å². The SMILES string of the molecule is CCCn1ncc(OC)c1C(=O)C(C)(C)NC. The summed E-state index contributed by atoms with van der Waals surface area (Å²) in [7, 11) is 3.32. The number of likely N-dealkylation sites (N-methyl/N-ethyl adjacent to an activating group) is 1. The monoisotopic (exact) mass is 239 g/mol. The van der Waals surface area contributed by atoms with Gasteiger partial charge >= 0.3 is 0 Å². The topological polar surface area (TPSA) is 56.2 Å². The molecule has 1 rings (SSSR count). The molecule has 0 radical (unpaired) electrons. The third kappa shape index (κ3) is 2.66. The summed E-state index contributed by atoms with van der Waals surface area (Å²) in [6, 6.07) is 0. The maximum absolute atomic E-state index is 12.4. The Morgan fingerprint density at radius 1 is 1.59 bits per heavy atom. The highest BCUT2D eigenvalue weighted by atomic mass is 16.5. The zero-order chi connectivity index (χ0) is 13.1. The molecule has 0 bridgehead atoms. The highest BCUT2D eigenvalue weighted by Crippen LogP contribution is 2.23. The van der Waals surface area contributed by atoms with E-state index in [-0.39, 0.29) is 5.78 Å². The first-order chi connectivity index (χ1) is 7.97. The van der Waals surface area contributed by atoms with Gasteiger partial charge in [0.25, 0.3) is 0 Å². The molecule has 17 heavy (non-hydrogen) atoms. The van der Waals surface area contributed by atoms with Crippen LogP contribution < -0.4 is 10.1 Å². The summed E-state index contributed by atoms with van der Waals surface area (Å²) in [5.41, 5.74) is -0.0904. The van der Waals surface area contributed by atoms with E-state index in [1.54, 1.807) is 25.0 Å². The lowest BCUT2D eigenvalue weighted by molar-refractivity contribution is 0.0874. The van der Waals surface area contributed by atoms with Crippen LogP contribution in [0.25, 0.3) is 0 Å². The fourth-order valence-electron chi connectivity index (χ4n) is 1.54. The number of hydrogen-bond donors (Lipinski definition) is 1. The van der Waals surface area contributed by atoms with E-state index in [1.165, 1.54) is 0 Å². The van der Waals surface area contributed by atoms with Gasteiger partial charge in [-0.25, -0.2) is 0 Å². The Morgan fingerprint density at radius 3 is 2.71 bits per heavy atom. The smallest absolute Gasteiger partial charge is 0.204 e. The summed E-state index contributed by atoms with van der Waals surface area (Å²) in [5, 5.41) is 7.19. The molecule has 0 aliphatic heterocycles. The first-order valence-corrected chi connectivity index (χ1v) is 5.81. The van der Waals surface area contributed by atoms with Crippen LogP contribution in [0.2, 0.25) is 0 Å². The molecule has 5 heteroatoms. The molecule has 0 atom stereocenters. The van der Waals surface area contributed by atoms with E-state index in [0.29, 0.717) is 18.0 Å². The normalized spacial score (nSPS) is 11.6. The average molecular weight is 239 g/mol. The molecule has 1 N–H and O–H groups in total. The van der Waals surface area contributed by atoms with Crippen molar-refractivity contribution in [3.8, 4) is 5.75 Å². The fraction of sp³-hybridized carbons (Fsp3) is 0.667. The highest BCUT2D eigenvalue weighted by molar-refractivity contribution is 6.03. The number of nitrogens with zero attached hydrogens (tertiary/aromatic N) is 2. The van der Waals surface area contributed by atoms with Crippen LogP contribution in [0.15, 0.2) is 6.20 Å². The van der Waals surface area contributed by atoms with Crippen molar-refractivity contribution in [2.45, 2.75) is 39.3 Å². The maximum atomic E-state index is 12.4. The Hall–Kier alpha value is -1.36. The largest absolute Gasteiger partial charge is 0.493 e. The number of aromatic nitrogens is 2. The number of carbonyl (C=O) groups is 1. The third-order valence-corrected chi connectivity index (χ3v) is 2.87. The van der Waals surface area contributed by atoms with Gasteiger partial charge in [-0.15, -0.1) is 0 Å². The second-order valence-corrected chi connectivity index (χ2v) is 4.49. The number of Topliss-reactive ketones (excluding diaryl/α,β-unsaturated/α-hetero) is 1.